The lowest BCUT2D eigenvalue weighted by molar-refractivity contribution is -0.0171. The number of ether oxygens (including phenoxy) is 2. The van der Waals surface area contributed by atoms with E-state index in [4.69, 9.17) is 9.47 Å². The zero-order valence-electron chi connectivity index (χ0n) is 13.6. The number of rotatable bonds is 4. The molecule has 0 aliphatic carbocycles. The van der Waals surface area contributed by atoms with Crippen molar-refractivity contribution < 1.29 is 13.9 Å². The van der Waals surface area contributed by atoms with Gasteiger partial charge in [-0.05, 0) is 19.1 Å². The number of H-pyrrole nitrogens is 1. The van der Waals surface area contributed by atoms with Gasteiger partial charge in [0.25, 0.3) is 0 Å². The number of nitrogens with one attached hydrogen (secondary N) is 1. The molecule has 2 heterocycles. The number of fused-ring (bicyclic) bond motifs is 1. The molecule has 25 heavy (non-hydrogen) atoms. The van der Waals surface area contributed by atoms with Crippen molar-refractivity contribution in [1.29, 1.82) is 0 Å². The molecule has 0 fully saturated rings. The quantitative estimate of drug-likeness (QED) is 0.713. The SMILES string of the molecule is Cc1ccc(-c2nc(SCc3cc(F)cc4c3OCOC4)n[nH]2)cc1. The maximum absolute atomic E-state index is 13.8. The second-order valence-electron chi connectivity index (χ2n) is 5.79. The smallest absolute Gasteiger partial charge is 0.209 e. The van der Waals surface area contributed by atoms with Gasteiger partial charge in [0.2, 0.25) is 5.16 Å². The van der Waals surface area contributed by atoms with Crippen LogP contribution in [0.3, 0.4) is 0 Å². The van der Waals surface area contributed by atoms with Gasteiger partial charge >= 0.3 is 0 Å². The summed E-state index contributed by atoms with van der Waals surface area (Å²) in [5.41, 5.74) is 3.69. The predicted octanol–water partition coefficient (Wildman–Crippen LogP) is 4.08. The number of nitrogens with zero attached hydrogens (tertiary/aromatic N) is 2. The van der Waals surface area contributed by atoms with Crippen LogP contribution in [0.2, 0.25) is 0 Å². The Balaban J connectivity index is 1.51. The van der Waals surface area contributed by atoms with Crippen molar-refractivity contribution in [3.05, 3.63) is 58.9 Å². The first kappa shape index (κ1) is 16.1. The van der Waals surface area contributed by atoms with Crippen LogP contribution in [0.15, 0.2) is 41.6 Å². The summed E-state index contributed by atoms with van der Waals surface area (Å²) in [6.45, 7) is 2.59. The maximum atomic E-state index is 13.8. The van der Waals surface area contributed by atoms with Gasteiger partial charge in [-0.2, -0.15) is 0 Å². The van der Waals surface area contributed by atoms with Gasteiger partial charge in [-0.15, -0.1) is 5.10 Å². The first-order chi connectivity index (χ1) is 12.2. The van der Waals surface area contributed by atoms with E-state index in [1.54, 1.807) is 0 Å². The molecule has 2 aromatic carbocycles. The number of benzene rings is 2. The summed E-state index contributed by atoms with van der Waals surface area (Å²) in [6.07, 6.45) is 0. The van der Waals surface area contributed by atoms with Crippen molar-refractivity contribution in [2.24, 2.45) is 0 Å². The van der Waals surface area contributed by atoms with Crippen LogP contribution in [0.25, 0.3) is 11.4 Å². The predicted molar refractivity (Wildman–Crippen MR) is 92.8 cm³/mol. The Morgan fingerprint density at radius 2 is 2.08 bits per heavy atom. The summed E-state index contributed by atoms with van der Waals surface area (Å²) in [7, 11) is 0. The monoisotopic (exact) mass is 357 g/mol. The van der Waals surface area contributed by atoms with Crippen LogP contribution in [0, 0.1) is 12.7 Å². The summed E-state index contributed by atoms with van der Waals surface area (Å²) in [5.74, 6) is 1.65. The molecule has 5 nitrogen and oxygen atoms in total. The minimum Gasteiger partial charge on any atom is -0.467 e. The molecular formula is C18H16FN3O2S. The van der Waals surface area contributed by atoms with Gasteiger partial charge in [0.05, 0.1) is 6.61 Å². The van der Waals surface area contributed by atoms with Gasteiger partial charge in [0.15, 0.2) is 12.6 Å². The van der Waals surface area contributed by atoms with E-state index in [1.807, 2.05) is 31.2 Å². The molecule has 0 amide bonds. The Labute approximate surface area is 148 Å². The number of hydrogen-bond acceptors (Lipinski definition) is 5. The highest BCUT2D eigenvalue weighted by atomic mass is 32.2. The van der Waals surface area contributed by atoms with E-state index in [-0.39, 0.29) is 12.6 Å². The van der Waals surface area contributed by atoms with Crippen LogP contribution >= 0.6 is 11.8 Å². The highest BCUT2D eigenvalue weighted by Gasteiger charge is 2.17. The first-order valence-corrected chi connectivity index (χ1v) is 8.82. The van der Waals surface area contributed by atoms with Crippen LogP contribution in [0.4, 0.5) is 4.39 Å². The molecule has 128 valence electrons. The van der Waals surface area contributed by atoms with Gasteiger partial charge in [-0.3, -0.25) is 5.10 Å². The van der Waals surface area contributed by atoms with E-state index in [0.717, 1.165) is 16.7 Å². The van der Waals surface area contributed by atoms with E-state index in [2.05, 4.69) is 15.2 Å². The molecule has 1 aliphatic rings. The van der Waals surface area contributed by atoms with Gasteiger partial charge in [-0.1, -0.05) is 41.6 Å². The lowest BCUT2D eigenvalue weighted by Crippen LogP contribution is -2.13. The Morgan fingerprint density at radius 1 is 1.24 bits per heavy atom. The molecule has 0 atom stereocenters. The average molecular weight is 357 g/mol. The molecule has 1 aliphatic heterocycles. The summed E-state index contributed by atoms with van der Waals surface area (Å²) < 4.78 is 24.5. The number of halogens is 1. The number of hydrogen-bond donors (Lipinski definition) is 1. The van der Waals surface area contributed by atoms with E-state index < -0.39 is 0 Å². The third-order valence-electron chi connectivity index (χ3n) is 3.90. The average Bonchev–Trinajstić information content (AvgIpc) is 3.09. The van der Waals surface area contributed by atoms with Crippen molar-refractivity contribution in [1.82, 2.24) is 15.2 Å². The number of aromatic nitrogens is 3. The van der Waals surface area contributed by atoms with Crippen LogP contribution in [-0.4, -0.2) is 22.0 Å². The minimum atomic E-state index is -0.293. The fourth-order valence-corrected chi connectivity index (χ4v) is 3.42. The first-order valence-electron chi connectivity index (χ1n) is 7.83. The van der Waals surface area contributed by atoms with E-state index in [9.17, 15) is 4.39 Å². The van der Waals surface area contributed by atoms with Crippen LogP contribution in [0.1, 0.15) is 16.7 Å². The number of thioether (sulfide) groups is 1. The molecule has 1 N–H and O–H groups in total. The lowest BCUT2D eigenvalue weighted by atomic mass is 10.1. The molecule has 1 aromatic heterocycles. The molecule has 0 bridgehead atoms. The molecule has 0 radical (unpaired) electrons. The zero-order chi connectivity index (χ0) is 17.2. The fourth-order valence-electron chi connectivity index (χ4n) is 2.66. The molecule has 0 unspecified atom stereocenters. The van der Waals surface area contributed by atoms with E-state index in [1.165, 1.54) is 29.5 Å². The van der Waals surface area contributed by atoms with Gasteiger partial charge in [0.1, 0.15) is 11.6 Å². The fraction of sp³-hybridized carbons (Fsp3) is 0.222. The van der Waals surface area contributed by atoms with E-state index >= 15 is 0 Å². The molecule has 0 saturated carbocycles. The highest BCUT2D eigenvalue weighted by Crippen LogP contribution is 2.33. The Hall–Kier alpha value is -2.38. The molecule has 4 rings (SSSR count). The second-order valence-corrected chi connectivity index (χ2v) is 6.73. The number of aromatic amines is 1. The van der Waals surface area contributed by atoms with Gasteiger partial charge in [-0.25, -0.2) is 9.37 Å². The van der Waals surface area contributed by atoms with Gasteiger partial charge in [0, 0.05) is 22.4 Å². The molecule has 3 aromatic rings. The third-order valence-corrected chi connectivity index (χ3v) is 4.79. The zero-order valence-corrected chi connectivity index (χ0v) is 14.4. The van der Waals surface area contributed by atoms with Crippen molar-refractivity contribution in [3.63, 3.8) is 0 Å². The standard InChI is InChI=1S/C18H16FN3O2S/c1-11-2-4-12(5-3-11)17-20-18(22-21-17)25-9-14-7-15(19)6-13-8-23-10-24-16(13)14/h2-7H,8-10H2,1H3,(H,20,21,22). The normalized spacial score (nSPS) is 13.4. The molecule has 0 spiro atoms. The highest BCUT2D eigenvalue weighted by molar-refractivity contribution is 7.98. The van der Waals surface area contributed by atoms with Crippen LogP contribution in [-0.2, 0) is 17.1 Å². The maximum Gasteiger partial charge on any atom is 0.209 e. The van der Waals surface area contributed by atoms with Crippen molar-refractivity contribution in [2.75, 3.05) is 6.79 Å². The largest absolute Gasteiger partial charge is 0.467 e. The summed E-state index contributed by atoms with van der Waals surface area (Å²) in [4.78, 5) is 4.50. The Bertz CT molecular complexity index is 896. The Morgan fingerprint density at radius 3 is 2.92 bits per heavy atom. The van der Waals surface area contributed by atoms with Crippen molar-refractivity contribution in [3.8, 4) is 17.1 Å². The molecule has 0 saturated heterocycles. The van der Waals surface area contributed by atoms with E-state index in [0.29, 0.717) is 29.1 Å². The van der Waals surface area contributed by atoms with Crippen molar-refractivity contribution in [2.45, 2.75) is 24.4 Å². The van der Waals surface area contributed by atoms with Crippen molar-refractivity contribution >= 4 is 11.8 Å². The Kier molecular flexibility index (Phi) is 4.42. The molecule has 7 heteroatoms. The lowest BCUT2D eigenvalue weighted by Gasteiger charge is -2.20. The summed E-state index contributed by atoms with van der Waals surface area (Å²) in [5, 5.41) is 7.79. The molecular weight excluding hydrogens is 341 g/mol. The summed E-state index contributed by atoms with van der Waals surface area (Å²) in [6, 6.07) is 11.0. The van der Waals surface area contributed by atoms with Crippen LogP contribution in [0.5, 0.6) is 5.75 Å². The third kappa shape index (κ3) is 3.52. The minimum absolute atomic E-state index is 0.189. The summed E-state index contributed by atoms with van der Waals surface area (Å²) >= 11 is 1.43. The topological polar surface area (TPSA) is 60.0 Å². The van der Waals surface area contributed by atoms with Gasteiger partial charge < -0.3 is 9.47 Å². The number of aryl methyl sites for hydroxylation is 1. The van der Waals surface area contributed by atoms with Crippen LogP contribution < -0.4 is 4.74 Å². The second kappa shape index (κ2) is 6.85.